The third kappa shape index (κ3) is 3.50. The van der Waals surface area contributed by atoms with Gasteiger partial charge >= 0.3 is 6.03 Å². The number of nitrogens with one attached hydrogen (secondary N) is 1. The second-order valence-electron chi connectivity index (χ2n) is 8.06. The van der Waals surface area contributed by atoms with E-state index in [9.17, 15) is 14.4 Å². The molecule has 0 aromatic heterocycles. The molecule has 140 valence electrons. The number of benzene rings is 2. The number of rotatable bonds is 4. The molecule has 1 N–H and O–H groups in total. The Morgan fingerprint density at radius 3 is 2.15 bits per heavy atom. The van der Waals surface area contributed by atoms with Crippen LogP contribution in [-0.2, 0) is 15.7 Å². The Bertz CT molecular complexity index is 882. The van der Waals surface area contributed by atoms with E-state index in [0.29, 0.717) is 11.1 Å². The van der Waals surface area contributed by atoms with Crippen LogP contribution in [0.1, 0.15) is 49.2 Å². The number of ketones is 1. The van der Waals surface area contributed by atoms with Crippen molar-refractivity contribution in [2.24, 2.45) is 0 Å². The molecule has 0 radical (unpaired) electrons. The lowest BCUT2D eigenvalue weighted by molar-refractivity contribution is -0.130. The lowest BCUT2D eigenvalue weighted by atomic mass is 9.86. The lowest BCUT2D eigenvalue weighted by Crippen LogP contribution is -2.41. The van der Waals surface area contributed by atoms with Crippen molar-refractivity contribution in [1.29, 1.82) is 0 Å². The summed E-state index contributed by atoms with van der Waals surface area (Å²) in [5.41, 5.74) is 1.12. The Morgan fingerprint density at radius 2 is 1.59 bits per heavy atom. The van der Waals surface area contributed by atoms with E-state index in [1.54, 1.807) is 31.2 Å². The standard InChI is InChI=1S/C22H24N2O3/c1-21(2,3)16-12-10-15(11-13-16)18(25)14-24-19(26)22(4,23-20(24)27)17-8-6-5-7-9-17/h5-13H,14H2,1-4H3,(H,23,27)/t22-/m1/s1. The molecule has 3 amide bonds. The molecular weight excluding hydrogens is 340 g/mol. The van der Waals surface area contributed by atoms with Crippen LogP contribution in [0, 0.1) is 0 Å². The Labute approximate surface area is 159 Å². The number of hydrogen-bond donors (Lipinski definition) is 1. The highest BCUT2D eigenvalue weighted by Crippen LogP contribution is 2.29. The molecule has 1 saturated heterocycles. The second-order valence-corrected chi connectivity index (χ2v) is 8.06. The number of hydrogen-bond acceptors (Lipinski definition) is 3. The van der Waals surface area contributed by atoms with Crippen LogP contribution in [0.25, 0.3) is 0 Å². The minimum atomic E-state index is -1.16. The normalized spacial score (nSPS) is 19.9. The third-order valence-electron chi connectivity index (χ3n) is 5.00. The molecule has 2 aromatic rings. The van der Waals surface area contributed by atoms with Crippen molar-refractivity contribution in [1.82, 2.24) is 10.2 Å². The van der Waals surface area contributed by atoms with Crippen molar-refractivity contribution in [3.05, 3.63) is 71.3 Å². The predicted octanol–water partition coefficient (Wildman–Crippen LogP) is 3.63. The van der Waals surface area contributed by atoms with Crippen LogP contribution in [0.4, 0.5) is 4.79 Å². The van der Waals surface area contributed by atoms with E-state index < -0.39 is 17.5 Å². The van der Waals surface area contributed by atoms with Gasteiger partial charge in [0.15, 0.2) is 5.78 Å². The van der Waals surface area contributed by atoms with E-state index in [2.05, 4.69) is 26.1 Å². The average Bonchev–Trinajstić information content (AvgIpc) is 2.86. The number of carbonyl (C=O) groups is 3. The smallest absolute Gasteiger partial charge is 0.319 e. The van der Waals surface area contributed by atoms with Gasteiger partial charge in [0.2, 0.25) is 0 Å². The Kier molecular flexibility index (Phi) is 4.64. The van der Waals surface area contributed by atoms with Crippen molar-refractivity contribution in [3.8, 4) is 0 Å². The molecule has 0 bridgehead atoms. The van der Waals surface area contributed by atoms with Gasteiger partial charge in [-0.15, -0.1) is 0 Å². The maximum atomic E-state index is 12.9. The number of nitrogens with zero attached hydrogens (tertiary/aromatic N) is 1. The summed E-state index contributed by atoms with van der Waals surface area (Å²) in [4.78, 5) is 38.9. The molecule has 0 unspecified atom stereocenters. The average molecular weight is 364 g/mol. The number of amides is 3. The van der Waals surface area contributed by atoms with Crippen LogP contribution < -0.4 is 5.32 Å². The zero-order chi connectivity index (χ0) is 19.8. The maximum Gasteiger partial charge on any atom is 0.325 e. The number of imide groups is 1. The first-order valence-corrected chi connectivity index (χ1v) is 8.96. The quantitative estimate of drug-likeness (QED) is 0.665. The molecule has 27 heavy (non-hydrogen) atoms. The summed E-state index contributed by atoms with van der Waals surface area (Å²) in [5.74, 6) is -0.686. The second kappa shape index (κ2) is 6.65. The monoisotopic (exact) mass is 364 g/mol. The van der Waals surface area contributed by atoms with Crippen LogP contribution in [0.2, 0.25) is 0 Å². The van der Waals surface area contributed by atoms with Crippen LogP contribution >= 0.6 is 0 Å². The number of carbonyl (C=O) groups excluding carboxylic acids is 3. The molecule has 1 atom stereocenters. The summed E-state index contributed by atoms with van der Waals surface area (Å²) in [5, 5.41) is 2.72. The Balaban J connectivity index is 1.78. The summed E-state index contributed by atoms with van der Waals surface area (Å²) < 4.78 is 0. The van der Waals surface area contributed by atoms with Crippen molar-refractivity contribution in [2.45, 2.75) is 38.6 Å². The molecule has 1 aliphatic rings. The van der Waals surface area contributed by atoms with Crippen LogP contribution in [0.5, 0.6) is 0 Å². The number of Topliss-reactive ketones (excluding diaryl/α,β-unsaturated/α-hetero) is 1. The van der Waals surface area contributed by atoms with Gasteiger partial charge in [0, 0.05) is 5.56 Å². The van der Waals surface area contributed by atoms with E-state index in [1.807, 2.05) is 30.3 Å². The molecule has 0 spiro atoms. The van der Waals surface area contributed by atoms with E-state index >= 15 is 0 Å². The first kappa shape index (κ1) is 18.8. The minimum absolute atomic E-state index is 0.0100. The molecule has 5 heteroatoms. The van der Waals surface area contributed by atoms with Gasteiger partial charge < -0.3 is 5.32 Å². The maximum absolute atomic E-state index is 12.9. The summed E-state index contributed by atoms with van der Waals surface area (Å²) in [6.45, 7) is 7.68. The highest BCUT2D eigenvalue weighted by Gasteiger charge is 2.49. The Morgan fingerprint density at radius 1 is 1.00 bits per heavy atom. The fourth-order valence-corrected chi connectivity index (χ4v) is 3.20. The van der Waals surface area contributed by atoms with Gasteiger partial charge in [-0.25, -0.2) is 4.79 Å². The van der Waals surface area contributed by atoms with Gasteiger partial charge in [0.25, 0.3) is 5.91 Å². The fraction of sp³-hybridized carbons (Fsp3) is 0.318. The first-order chi connectivity index (χ1) is 12.6. The van der Waals surface area contributed by atoms with Crippen molar-refractivity contribution >= 4 is 17.7 Å². The molecule has 0 saturated carbocycles. The molecule has 0 aliphatic carbocycles. The third-order valence-corrected chi connectivity index (χ3v) is 5.00. The SMILES string of the molecule is CC(C)(C)c1ccc(C(=O)CN2C(=O)N[C@](C)(c3ccccc3)C2=O)cc1. The molecule has 1 fully saturated rings. The van der Waals surface area contributed by atoms with Crippen LogP contribution in [-0.4, -0.2) is 29.2 Å². The Hall–Kier alpha value is -2.95. The zero-order valence-electron chi connectivity index (χ0n) is 16.1. The van der Waals surface area contributed by atoms with Gasteiger partial charge in [-0.3, -0.25) is 14.5 Å². The van der Waals surface area contributed by atoms with E-state index in [1.165, 1.54) is 0 Å². The highest BCUT2D eigenvalue weighted by molar-refractivity contribution is 6.11. The van der Waals surface area contributed by atoms with Gasteiger partial charge in [-0.1, -0.05) is 75.4 Å². The lowest BCUT2D eigenvalue weighted by Gasteiger charge is -2.22. The molecule has 5 nitrogen and oxygen atoms in total. The van der Waals surface area contributed by atoms with E-state index in [0.717, 1.165) is 10.5 Å². The van der Waals surface area contributed by atoms with E-state index in [4.69, 9.17) is 0 Å². The predicted molar refractivity (Wildman–Crippen MR) is 104 cm³/mol. The minimum Gasteiger partial charge on any atom is -0.319 e. The molecule has 3 rings (SSSR count). The molecular formula is C22H24N2O3. The largest absolute Gasteiger partial charge is 0.325 e. The fourth-order valence-electron chi connectivity index (χ4n) is 3.20. The van der Waals surface area contributed by atoms with Crippen LogP contribution in [0.3, 0.4) is 0 Å². The van der Waals surface area contributed by atoms with Crippen molar-refractivity contribution in [3.63, 3.8) is 0 Å². The zero-order valence-corrected chi connectivity index (χ0v) is 16.1. The highest BCUT2D eigenvalue weighted by atomic mass is 16.2. The van der Waals surface area contributed by atoms with Crippen molar-refractivity contribution in [2.75, 3.05) is 6.54 Å². The van der Waals surface area contributed by atoms with Crippen LogP contribution in [0.15, 0.2) is 54.6 Å². The summed E-state index contributed by atoms with van der Waals surface area (Å²) in [7, 11) is 0. The molecule has 1 heterocycles. The summed E-state index contributed by atoms with van der Waals surface area (Å²) in [6, 6.07) is 15.8. The van der Waals surface area contributed by atoms with Gasteiger partial charge in [0.05, 0.1) is 6.54 Å². The number of urea groups is 1. The van der Waals surface area contributed by atoms with E-state index in [-0.39, 0.29) is 17.7 Å². The topological polar surface area (TPSA) is 66.5 Å². The van der Waals surface area contributed by atoms with Crippen molar-refractivity contribution < 1.29 is 14.4 Å². The first-order valence-electron chi connectivity index (χ1n) is 8.96. The van der Waals surface area contributed by atoms with Gasteiger partial charge in [-0.05, 0) is 23.5 Å². The molecule has 1 aliphatic heterocycles. The summed E-state index contributed by atoms with van der Waals surface area (Å²) >= 11 is 0. The summed E-state index contributed by atoms with van der Waals surface area (Å²) in [6.07, 6.45) is 0. The van der Waals surface area contributed by atoms with Gasteiger partial charge in [-0.2, -0.15) is 0 Å². The molecule has 2 aromatic carbocycles. The van der Waals surface area contributed by atoms with Gasteiger partial charge in [0.1, 0.15) is 5.54 Å².